The van der Waals surface area contributed by atoms with Crippen LogP contribution in [0.3, 0.4) is 0 Å². The zero-order chi connectivity index (χ0) is 10.4. The van der Waals surface area contributed by atoms with Gasteiger partial charge in [0, 0.05) is 19.7 Å². The maximum absolute atomic E-state index is 5.63. The summed E-state index contributed by atoms with van der Waals surface area (Å²) < 4.78 is 5.55. The molecule has 0 aliphatic carbocycles. The molecule has 1 saturated heterocycles. The van der Waals surface area contributed by atoms with Crippen molar-refractivity contribution in [3.63, 3.8) is 0 Å². The summed E-state index contributed by atoms with van der Waals surface area (Å²) in [6.07, 6.45) is 1.26. The van der Waals surface area contributed by atoms with E-state index in [1.54, 1.807) is 0 Å². The van der Waals surface area contributed by atoms with Gasteiger partial charge in [0.1, 0.15) is 0 Å². The van der Waals surface area contributed by atoms with Crippen LogP contribution in [0.1, 0.15) is 20.3 Å². The molecule has 0 radical (unpaired) electrons. The van der Waals surface area contributed by atoms with Crippen LogP contribution in [0.15, 0.2) is 0 Å². The molecule has 3 nitrogen and oxygen atoms in total. The first kappa shape index (κ1) is 12.0. The summed E-state index contributed by atoms with van der Waals surface area (Å²) in [5.74, 6) is 1.37. The lowest BCUT2D eigenvalue weighted by molar-refractivity contribution is 0.0904. The molecule has 1 fully saturated rings. The van der Waals surface area contributed by atoms with E-state index in [0.29, 0.717) is 5.92 Å². The molecule has 0 saturated carbocycles. The molecule has 1 unspecified atom stereocenters. The lowest BCUT2D eigenvalue weighted by atomic mass is 10.1. The highest BCUT2D eigenvalue weighted by Gasteiger charge is 2.20. The molecule has 84 valence electrons. The first-order chi connectivity index (χ1) is 6.72. The molecule has 0 aromatic rings. The zero-order valence-corrected chi connectivity index (χ0v) is 9.54. The number of hydrogen-bond donors (Lipinski definition) is 1. The van der Waals surface area contributed by atoms with Gasteiger partial charge in [-0.2, -0.15) is 0 Å². The van der Waals surface area contributed by atoms with Gasteiger partial charge in [-0.05, 0) is 31.3 Å². The Morgan fingerprint density at radius 2 is 2.29 bits per heavy atom. The van der Waals surface area contributed by atoms with Crippen LogP contribution in [0.2, 0.25) is 0 Å². The molecular weight excluding hydrogens is 176 g/mol. The van der Waals surface area contributed by atoms with E-state index in [0.717, 1.165) is 32.2 Å². The van der Waals surface area contributed by atoms with Crippen molar-refractivity contribution < 1.29 is 4.74 Å². The first-order valence-electron chi connectivity index (χ1n) is 5.72. The maximum atomic E-state index is 5.63. The van der Waals surface area contributed by atoms with Crippen molar-refractivity contribution in [2.75, 3.05) is 39.4 Å². The molecule has 14 heavy (non-hydrogen) atoms. The van der Waals surface area contributed by atoms with Crippen molar-refractivity contribution in [1.82, 2.24) is 4.90 Å². The summed E-state index contributed by atoms with van der Waals surface area (Å²) in [4.78, 5) is 2.46. The molecule has 0 amide bonds. The van der Waals surface area contributed by atoms with E-state index in [-0.39, 0.29) is 0 Å². The van der Waals surface area contributed by atoms with Gasteiger partial charge < -0.3 is 15.4 Å². The van der Waals surface area contributed by atoms with Crippen LogP contribution in [0.25, 0.3) is 0 Å². The quantitative estimate of drug-likeness (QED) is 0.649. The van der Waals surface area contributed by atoms with Crippen molar-refractivity contribution in [3.8, 4) is 0 Å². The van der Waals surface area contributed by atoms with Gasteiger partial charge in [-0.15, -0.1) is 0 Å². The smallest absolute Gasteiger partial charge is 0.0593 e. The average molecular weight is 200 g/mol. The monoisotopic (exact) mass is 200 g/mol. The van der Waals surface area contributed by atoms with Gasteiger partial charge in [0.25, 0.3) is 0 Å². The number of hydrogen-bond acceptors (Lipinski definition) is 3. The maximum Gasteiger partial charge on any atom is 0.0593 e. The number of ether oxygens (including phenoxy) is 1. The predicted molar refractivity (Wildman–Crippen MR) is 59.3 cm³/mol. The van der Waals surface area contributed by atoms with Gasteiger partial charge in [-0.25, -0.2) is 0 Å². The SMILES string of the molecule is CC(C)COCCN1CCC(CN)C1. The van der Waals surface area contributed by atoms with E-state index in [9.17, 15) is 0 Å². The molecular formula is C11H24N2O. The molecule has 0 bridgehead atoms. The van der Waals surface area contributed by atoms with E-state index >= 15 is 0 Å². The molecule has 1 aliphatic heterocycles. The summed E-state index contributed by atoms with van der Waals surface area (Å²) in [5.41, 5.74) is 5.63. The highest BCUT2D eigenvalue weighted by Crippen LogP contribution is 2.13. The van der Waals surface area contributed by atoms with Gasteiger partial charge in [0.2, 0.25) is 0 Å². The van der Waals surface area contributed by atoms with Crippen LogP contribution < -0.4 is 5.73 Å². The van der Waals surface area contributed by atoms with Gasteiger partial charge >= 0.3 is 0 Å². The van der Waals surface area contributed by atoms with E-state index in [2.05, 4.69) is 18.7 Å². The lowest BCUT2D eigenvalue weighted by Crippen LogP contribution is -2.27. The highest BCUT2D eigenvalue weighted by atomic mass is 16.5. The van der Waals surface area contributed by atoms with Crippen LogP contribution >= 0.6 is 0 Å². The molecule has 1 heterocycles. The predicted octanol–water partition coefficient (Wildman–Crippen LogP) is 0.940. The van der Waals surface area contributed by atoms with Gasteiger partial charge in [-0.1, -0.05) is 13.8 Å². The molecule has 1 atom stereocenters. The Hall–Kier alpha value is -0.120. The van der Waals surface area contributed by atoms with Crippen LogP contribution in [0.5, 0.6) is 0 Å². The second-order valence-corrected chi connectivity index (χ2v) is 4.66. The van der Waals surface area contributed by atoms with E-state index in [4.69, 9.17) is 10.5 Å². The van der Waals surface area contributed by atoms with Crippen LogP contribution in [-0.4, -0.2) is 44.3 Å². The van der Waals surface area contributed by atoms with Crippen molar-refractivity contribution >= 4 is 0 Å². The number of rotatable bonds is 6. The zero-order valence-electron chi connectivity index (χ0n) is 9.54. The molecule has 3 heteroatoms. The Labute approximate surface area is 87.6 Å². The van der Waals surface area contributed by atoms with Crippen molar-refractivity contribution in [2.45, 2.75) is 20.3 Å². The van der Waals surface area contributed by atoms with Gasteiger partial charge in [0.15, 0.2) is 0 Å². The fraction of sp³-hybridized carbons (Fsp3) is 1.00. The van der Waals surface area contributed by atoms with Crippen LogP contribution in [-0.2, 0) is 4.74 Å². The molecule has 0 aromatic carbocycles. The second kappa shape index (κ2) is 6.38. The summed E-state index contributed by atoms with van der Waals surface area (Å²) in [5, 5.41) is 0. The van der Waals surface area contributed by atoms with Crippen LogP contribution in [0.4, 0.5) is 0 Å². The second-order valence-electron chi connectivity index (χ2n) is 4.66. The number of nitrogens with two attached hydrogens (primary N) is 1. The van der Waals surface area contributed by atoms with Crippen molar-refractivity contribution in [2.24, 2.45) is 17.6 Å². The summed E-state index contributed by atoms with van der Waals surface area (Å²) in [6.45, 7) is 10.4. The molecule has 1 aliphatic rings. The minimum atomic E-state index is 0.644. The van der Waals surface area contributed by atoms with Gasteiger partial charge in [0.05, 0.1) is 6.61 Å². The Morgan fingerprint density at radius 3 is 2.86 bits per heavy atom. The van der Waals surface area contributed by atoms with Crippen molar-refractivity contribution in [1.29, 1.82) is 0 Å². The first-order valence-corrected chi connectivity index (χ1v) is 5.72. The third-order valence-corrected chi connectivity index (χ3v) is 2.71. The number of nitrogens with zero attached hydrogens (tertiary/aromatic N) is 1. The molecule has 0 spiro atoms. The Morgan fingerprint density at radius 1 is 1.50 bits per heavy atom. The van der Waals surface area contributed by atoms with E-state index < -0.39 is 0 Å². The highest BCUT2D eigenvalue weighted by molar-refractivity contribution is 4.75. The van der Waals surface area contributed by atoms with Gasteiger partial charge in [-0.3, -0.25) is 0 Å². The standard InChI is InChI=1S/C11H24N2O/c1-10(2)9-14-6-5-13-4-3-11(7-12)8-13/h10-11H,3-9,12H2,1-2H3. The fourth-order valence-electron chi connectivity index (χ4n) is 1.82. The summed E-state index contributed by atoms with van der Waals surface area (Å²) >= 11 is 0. The Kier molecular flexibility index (Phi) is 5.45. The molecule has 0 aromatic heterocycles. The minimum absolute atomic E-state index is 0.644. The van der Waals surface area contributed by atoms with E-state index in [1.807, 2.05) is 0 Å². The molecule has 1 rings (SSSR count). The Balaban J connectivity index is 1.97. The van der Waals surface area contributed by atoms with E-state index in [1.165, 1.54) is 19.5 Å². The Bertz CT molecular complexity index is 150. The fourth-order valence-corrected chi connectivity index (χ4v) is 1.82. The summed E-state index contributed by atoms with van der Waals surface area (Å²) in [6, 6.07) is 0. The normalized spacial score (nSPS) is 23.6. The van der Waals surface area contributed by atoms with Crippen LogP contribution in [0, 0.1) is 11.8 Å². The minimum Gasteiger partial charge on any atom is -0.380 e. The molecule has 2 N–H and O–H groups in total. The largest absolute Gasteiger partial charge is 0.380 e. The number of likely N-dealkylation sites (tertiary alicyclic amines) is 1. The average Bonchev–Trinajstić information content (AvgIpc) is 2.60. The topological polar surface area (TPSA) is 38.5 Å². The third kappa shape index (κ3) is 4.40. The lowest BCUT2D eigenvalue weighted by Gasteiger charge is -2.16. The summed E-state index contributed by atoms with van der Waals surface area (Å²) in [7, 11) is 0. The van der Waals surface area contributed by atoms with Crippen molar-refractivity contribution in [3.05, 3.63) is 0 Å². The third-order valence-electron chi connectivity index (χ3n) is 2.71.